The van der Waals surface area contributed by atoms with E-state index in [1.807, 2.05) is 55.5 Å². The van der Waals surface area contributed by atoms with Gasteiger partial charge in [-0.05, 0) is 37.3 Å². The van der Waals surface area contributed by atoms with Crippen molar-refractivity contribution in [1.82, 2.24) is 5.32 Å². The van der Waals surface area contributed by atoms with Gasteiger partial charge in [0.2, 0.25) is 5.91 Å². The number of rotatable bonds is 7. The van der Waals surface area contributed by atoms with Crippen LogP contribution in [0.3, 0.4) is 0 Å². The Balaban J connectivity index is 1.98. The number of hydrogen-bond donors (Lipinski definition) is 2. The van der Waals surface area contributed by atoms with Crippen molar-refractivity contribution in [2.24, 2.45) is 0 Å². The number of benzene rings is 2. The number of nitrogens with one attached hydrogen (secondary N) is 2. The van der Waals surface area contributed by atoms with Crippen LogP contribution < -0.4 is 20.1 Å². The zero-order valence-electron chi connectivity index (χ0n) is 13.6. The molecule has 1 atom stereocenters. The fraction of sp³-hybridized carbons (Fsp3) is 0.278. The number of carbonyl (C=O) groups excluding carboxylic acids is 1. The van der Waals surface area contributed by atoms with E-state index in [-0.39, 0.29) is 18.5 Å². The van der Waals surface area contributed by atoms with Crippen molar-refractivity contribution in [1.29, 1.82) is 0 Å². The highest BCUT2D eigenvalue weighted by atomic mass is 16.5. The van der Waals surface area contributed by atoms with Gasteiger partial charge in [-0.25, -0.2) is 0 Å². The van der Waals surface area contributed by atoms with Crippen LogP contribution in [0.4, 0.5) is 5.69 Å². The molecule has 23 heavy (non-hydrogen) atoms. The molecule has 0 aliphatic carbocycles. The Morgan fingerprint density at radius 2 is 1.83 bits per heavy atom. The van der Waals surface area contributed by atoms with Crippen LogP contribution in [0.25, 0.3) is 0 Å². The number of anilines is 1. The van der Waals surface area contributed by atoms with Crippen molar-refractivity contribution in [3.63, 3.8) is 0 Å². The average Bonchev–Trinajstić information content (AvgIpc) is 2.60. The van der Waals surface area contributed by atoms with Crippen LogP contribution >= 0.6 is 0 Å². The molecular formula is C18H22N2O3. The summed E-state index contributed by atoms with van der Waals surface area (Å²) in [6, 6.07) is 15.0. The molecule has 0 heterocycles. The predicted octanol–water partition coefficient (Wildman–Crippen LogP) is 2.99. The standard InChI is InChI=1S/C18H22N2O3/c1-13(16-11-15(22-2)9-10-17(16)23-3)20-18(21)12-19-14-7-5-4-6-8-14/h4-11,13,19H,12H2,1-3H3,(H,20,21). The summed E-state index contributed by atoms with van der Waals surface area (Å²) in [6.07, 6.45) is 0. The molecule has 0 aromatic heterocycles. The van der Waals surface area contributed by atoms with E-state index in [1.165, 1.54) is 0 Å². The van der Waals surface area contributed by atoms with E-state index in [4.69, 9.17) is 9.47 Å². The number of para-hydroxylation sites is 1. The second-order valence-electron chi connectivity index (χ2n) is 5.12. The van der Waals surface area contributed by atoms with E-state index in [9.17, 15) is 4.79 Å². The van der Waals surface area contributed by atoms with Gasteiger partial charge in [0.1, 0.15) is 11.5 Å². The molecule has 0 spiro atoms. The van der Waals surface area contributed by atoms with Gasteiger partial charge in [0.25, 0.3) is 0 Å². The van der Waals surface area contributed by atoms with Crippen molar-refractivity contribution in [3.05, 3.63) is 54.1 Å². The molecule has 5 nitrogen and oxygen atoms in total. The fourth-order valence-electron chi connectivity index (χ4n) is 2.29. The molecule has 1 amide bonds. The molecular weight excluding hydrogens is 292 g/mol. The van der Waals surface area contributed by atoms with E-state index in [1.54, 1.807) is 14.2 Å². The first kappa shape index (κ1) is 16.7. The molecule has 5 heteroatoms. The summed E-state index contributed by atoms with van der Waals surface area (Å²) in [5.74, 6) is 1.35. The van der Waals surface area contributed by atoms with Crippen LogP contribution in [-0.2, 0) is 4.79 Å². The quantitative estimate of drug-likeness (QED) is 0.825. The molecule has 0 saturated carbocycles. The SMILES string of the molecule is COc1ccc(OC)c(C(C)NC(=O)CNc2ccccc2)c1. The molecule has 0 aliphatic heterocycles. The first-order chi connectivity index (χ1) is 11.1. The van der Waals surface area contributed by atoms with E-state index in [0.29, 0.717) is 0 Å². The Hall–Kier alpha value is -2.69. The van der Waals surface area contributed by atoms with Gasteiger partial charge in [-0.2, -0.15) is 0 Å². The van der Waals surface area contributed by atoms with Crippen LogP contribution in [0.15, 0.2) is 48.5 Å². The van der Waals surface area contributed by atoms with Gasteiger partial charge in [0.15, 0.2) is 0 Å². The molecule has 0 radical (unpaired) electrons. The Bertz CT molecular complexity index is 644. The molecule has 2 N–H and O–H groups in total. The van der Waals surface area contributed by atoms with E-state index >= 15 is 0 Å². The summed E-state index contributed by atoms with van der Waals surface area (Å²) in [7, 11) is 3.22. The van der Waals surface area contributed by atoms with Crippen molar-refractivity contribution < 1.29 is 14.3 Å². The summed E-state index contributed by atoms with van der Waals surface area (Å²) in [4.78, 5) is 12.1. The maximum atomic E-state index is 12.1. The van der Waals surface area contributed by atoms with Crippen LogP contribution in [-0.4, -0.2) is 26.7 Å². The number of hydrogen-bond acceptors (Lipinski definition) is 4. The Morgan fingerprint density at radius 1 is 1.09 bits per heavy atom. The lowest BCUT2D eigenvalue weighted by atomic mass is 10.1. The molecule has 1 unspecified atom stereocenters. The minimum absolute atomic E-state index is 0.0915. The van der Waals surface area contributed by atoms with Crippen LogP contribution in [0, 0.1) is 0 Å². The summed E-state index contributed by atoms with van der Waals surface area (Å²) >= 11 is 0. The lowest BCUT2D eigenvalue weighted by Crippen LogP contribution is -2.32. The maximum absolute atomic E-state index is 12.1. The first-order valence-electron chi connectivity index (χ1n) is 7.44. The molecule has 0 fully saturated rings. The lowest BCUT2D eigenvalue weighted by Gasteiger charge is -2.18. The number of amides is 1. The minimum Gasteiger partial charge on any atom is -0.497 e. The third-order valence-corrected chi connectivity index (χ3v) is 3.51. The normalized spacial score (nSPS) is 11.4. The lowest BCUT2D eigenvalue weighted by molar-refractivity contribution is -0.120. The van der Waals surface area contributed by atoms with Gasteiger partial charge >= 0.3 is 0 Å². The average molecular weight is 314 g/mol. The zero-order valence-corrected chi connectivity index (χ0v) is 13.6. The Morgan fingerprint density at radius 3 is 2.48 bits per heavy atom. The van der Waals surface area contributed by atoms with Gasteiger partial charge in [-0.15, -0.1) is 0 Å². The minimum atomic E-state index is -0.190. The largest absolute Gasteiger partial charge is 0.497 e. The summed E-state index contributed by atoms with van der Waals surface area (Å²) in [6.45, 7) is 2.12. The van der Waals surface area contributed by atoms with E-state index < -0.39 is 0 Å². The fourth-order valence-corrected chi connectivity index (χ4v) is 2.29. The number of methoxy groups -OCH3 is 2. The number of ether oxygens (including phenoxy) is 2. The molecule has 2 rings (SSSR count). The molecule has 0 bridgehead atoms. The molecule has 2 aromatic rings. The molecule has 2 aromatic carbocycles. The highest BCUT2D eigenvalue weighted by Gasteiger charge is 2.15. The highest BCUT2D eigenvalue weighted by molar-refractivity contribution is 5.81. The third-order valence-electron chi connectivity index (χ3n) is 3.51. The van der Waals surface area contributed by atoms with Crippen molar-refractivity contribution in [2.75, 3.05) is 26.1 Å². The van der Waals surface area contributed by atoms with Gasteiger partial charge in [0.05, 0.1) is 26.8 Å². The smallest absolute Gasteiger partial charge is 0.239 e. The second kappa shape index (κ2) is 8.08. The number of carbonyl (C=O) groups is 1. The second-order valence-corrected chi connectivity index (χ2v) is 5.12. The Kier molecular flexibility index (Phi) is 5.86. The maximum Gasteiger partial charge on any atom is 0.239 e. The topological polar surface area (TPSA) is 59.6 Å². The predicted molar refractivity (Wildman–Crippen MR) is 91.0 cm³/mol. The summed E-state index contributed by atoms with van der Waals surface area (Å²) in [5, 5.41) is 6.04. The summed E-state index contributed by atoms with van der Waals surface area (Å²) < 4.78 is 10.6. The van der Waals surface area contributed by atoms with Crippen molar-refractivity contribution in [2.45, 2.75) is 13.0 Å². The third kappa shape index (κ3) is 4.64. The first-order valence-corrected chi connectivity index (χ1v) is 7.44. The van der Waals surface area contributed by atoms with Crippen LogP contribution in [0.2, 0.25) is 0 Å². The van der Waals surface area contributed by atoms with Crippen molar-refractivity contribution >= 4 is 11.6 Å². The van der Waals surface area contributed by atoms with Crippen LogP contribution in [0.5, 0.6) is 11.5 Å². The Labute approximate surface area is 136 Å². The highest BCUT2D eigenvalue weighted by Crippen LogP contribution is 2.29. The van der Waals surface area contributed by atoms with Gasteiger partial charge < -0.3 is 20.1 Å². The van der Waals surface area contributed by atoms with Crippen LogP contribution in [0.1, 0.15) is 18.5 Å². The van der Waals surface area contributed by atoms with E-state index in [0.717, 1.165) is 22.7 Å². The molecule has 0 saturated heterocycles. The summed E-state index contributed by atoms with van der Waals surface area (Å²) in [5.41, 5.74) is 1.79. The van der Waals surface area contributed by atoms with Gasteiger partial charge in [-0.3, -0.25) is 4.79 Å². The van der Waals surface area contributed by atoms with Gasteiger partial charge in [-0.1, -0.05) is 18.2 Å². The zero-order chi connectivity index (χ0) is 16.7. The monoisotopic (exact) mass is 314 g/mol. The molecule has 122 valence electrons. The van der Waals surface area contributed by atoms with Gasteiger partial charge in [0, 0.05) is 11.3 Å². The molecule has 0 aliphatic rings. The van der Waals surface area contributed by atoms with Crippen molar-refractivity contribution in [3.8, 4) is 11.5 Å². The van der Waals surface area contributed by atoms with E-state index in [2.05, 4.69) is 10.6 Å².